The van der Waals surface area contributed by atoms with E-state index in [1.807, 2.05) is 6.07 Å². The average Bonchev–Trinajstić information content (AvgIpc) is 2.44. The number of methoxy groups -OCH3 is 1. The van der Waals surface area contributed by atoms with Gasteiger partial charge in [0.15, 0.2) is 5.78 Å². The van der Waals surface area contributed by atoms with E-state index in [0.29, 0.717) is 5.56 Å². The highest BCUT2D eigenvalue weighted by Gasteiger charge is 2.17. The molecule has 5 nitrogen and oxygen atoms in total. The first-order chi connectivity index (χ1) is 9.04. The van der Waals surface area contributed by atoms with Crippen LogP contribution in [-0.4, -0.2) is 30.8 Å². The van der Waals surface area contributed by atoms with Crippen LogP contribution in [0.15, 0.2) is 30.3 Å². The van der Waals surface area contributed by atoms with E-state index in [-0.39, 0.29) is 24.5 Å². The van der Waals surface area contributed by atoms with E-state index in [0.717, 1.165) is 0 Å². The number of rotatable bonds is 6. The van der Waals surface area contributed by atoms with Gasteiger partial charge in [-0.05, 0) is 19.1 Å². The SMILES string of the molecule is COC(=O)CCC(=O)[C@@H](C)NC(=O)c1ccccc1. The first-order valence-corrected chi connectivity index (χ1v) is 6.00. The molecule has 0 unspecified atom stereocenters. The van der Waals surface area contributed by atoms with Crippen LogP contribution >= 0.6 is 0 Å². The largest absolute Gasteiger partial charge is 0.469 e. The lowest BCUT2D eigenvalue weighted by Crippen LogP contribution is -2.38. The van der Waals surface area contributed by atoms with Crippen molar-refractivity contribution in [1.82, 2.24) is 5.32 Å². The predicted molar refractivity (Wildman–Crippen MR) is 69.6 cm³/mol. The van der Waals surface area contributed by atoms with E-state index in [1.54, 1.807) is 31.2 Å². The van der Waals surface area contributed by atoms with Crippen LogP contribution in [0.1, 0.15) is 30.1 Å². The van der Waals surface area contributed by atoms with Crippen molar-refractivity contribution in [1.29, 1.82) is 0 Å². The number of ketones is 1. The van der Waals surface area contributed by atoms with Gasteiger partial charge in [-0.1, -0.05) is 18.2 Å². The Morgan fingerprint density at radius 1 is 1.16 bits per heavy atom. The summed E-state index contributed by atoms with van der Waals surface area (Å²) < 4.78 is 4.45. The van der Waals surface area contributed by atoms with E-state index < -0.39 is 12.0 Å². The third-order valence-electron chi connectivity index (χ3n) is 2.67. The molecule has 102 valence electrons. The molecule has 1 rings (SSSR count). The number of benzene rings is 1. The third kappa shape index (κ3) is 4.91. The molecule has 0 radical (unpaired) electrons. The van der Waals surface area contributed by atoms with Gasteiger partial charge < -0.3 is 10.1 Å². The van der Waals surface area contributed by atoms with Gasteiger partial charge in [-0.25, -0.2) is 0 Å². The zero-order valence-electron chi connectivity index (χ0n) is 11.0. The fourth-order valence-corrected chi connectivity index (χ4v) is 1.49. The second-order valence-electron chi connectivity index (χ2n) is 4.10. The van der Waals surface area contributed by atoms with Gasteiger partial charge in [0, 0.05) is 12.0 Å². The van der Waals surface area contributed by atoms with E-state index in [2.05, 4.69) is 10.1 Å². The summed E-state index contributed by atoms with van der Waals surface area (Å²) in [6, 6.07) is 8.01. The highest BCUT2D eigenvalue weighted by Crippen LogP contribution is 2.02. The number of amides is 1. The molecule has 1 amide bonds. The molecule has 0 heterocycles. The van der Waals surface area contributed by atoms with Crippen LogP contribution < -0.4 is 5.32 Å². The van der Waals surface area contributed by atoms with Crippen LogP contribution in [0.4, 0.5) is 0 Å². The number of Topliss-reactive ketones (excluding diaryl/α,β-unsaturated/α-hetero) is 1. The molecule has 0 fully saturated rings. The average molecular weight is 263 g/mol. The molecule has 1 aromatic rings. The quantitative estimate of drug-likeness (QED) is 0.786. The second kappa shape index (κ2) is 7.31. The first-order valence-electron chi connectivity index (χ1n) is 6.00. The van der Waals surface area contributed by atoms with Crippen molar-refractivity contribution in [2.45, 2.75) is 25.8 Å². The summed E-state index contributed by atoms with van der Waals surface area (Å²) in [5.74, 6) is -0.941. The smallest absolute Gasteiger partial charge is 0.305 e. The van der Waals surface area contributed by atoms with Gasteiger partial charge in [0.1, 0.15) is 0 Å². The Morgan fingerprint density at radius 2 is 1.79 bits per heavy atom. The molecule has 0 saturated heterocycles. The summed E-state index contributed by atoms with van der Waals surface area (Å²) in [5.41, 5.74) is 0.495. The highest BCUT2D eigenvalue weighted by atomic mass is 16.5. The molecular weight excluding hydrogens is 246 g/mol. The van der Waals surface area contributed by atoms with Crippen LogP contribution in [0.2, 0.25) is 0 Å². The fraction of sp³-hybridized carbons (Fsp3) is 0.357. The van der Waals surface area contributed by atoms with Crippen molar-refractivity contribution in [3.8, 4) is 0 Å². The zero-order valence-corrected chi connectivity index (χ0v) is 11.0. The van der Waals surface area contributed by atoms with Crippen molar-refractivity contribution in [3.05, 3.63) is 35.9 Å². The van der Waals surface area contributed by atoms with E-state index in [1.165, 1.54) is 7.11 Å². The number of carbonyl (C=O) groups excluding carboxylic acids is 3. The summed E-state index contributed by atoms with van der Waals surface area (Å²) in [4.78, 5) is 34.4. The standard InChI is InChI=1S/C14H17NO4/c1-10(12(16)8-9-13(17)19-2)15-14(18)11-6-4-3-5-7-11/h3-7,10H,8-9H2,1-2H3,(H,15,18)/t10-/m1/s1. The van der Waals surface area contributed by atoms with Gasteiger partial charge in [0.25, 0.3) is 5.91 Å². The van der Waals surface area contributed by atoms with Crippen molar-refractivity contribution < 1.29 is 19.1 Å². The Kier molecular flexibility index (Phi) is 5.73. The van der Waals surface area contributed by atoms with E-state index >= 15 is 0 Å². The molecule has 1 N–H and O–H groups in total. The molecule has 0 aliphatic carbocycles. The van der Waals surface area contributed by atoms with Crippen molar-refractivity contribution >= 4 is 17.7 Å². The van der Waals surface area contributed by atoms with Gasteiger partial charge in [-0.3, -0.25) is 14.4 Å². The molecule has 5 heteroatoms. The topological polar surface area (TPSA) is 72.5 Å². The molecule has 1 aromatic carbocycles. The van der Waals surface area contributed by atoms with Crippen molar-refractivity contribution in [3.63, 3.8) is 0 Å². The Morgan fingerprint density at radius 3 is 2.37 bits per heavy atom. The summed E-state index contributed by atoms with van der Waals surface area (Å²) >= 11 is 0. The normalized spacial score (nSPS) is 11.5. The van der Waals surface area contributed by atoms with Crippen molar-refractivity contribution in [2.75, 3.05) is 7.11 Å². The van der Waals surface area contributed by atoms with Crippen LogP contribution in [0, 0.1) is 0 Å². The van der Waals surface area contributed by atoms with Gasteiger partial charge in [-0.15, -0.1) is 0 Å². The third-order valence-corrected chi connectivity index (χ3v) is 2.67. The lowest BCUT2D eigenvalue weighted by Gasteiger charge is -2.12. The number of nitrogens with one attached hydrogen (secondary N) is 1. The Balaban J connectivity index is 2.46. The van der Waals surface area contributed by atoms with Crippen LogP contribution in [0.3, 0.4) is 0 Å². The number of hydrogen-bond acceptors (Lipinski definition) is 4. The van der Waals surface area contributed by atoms with Crippen LogP contribution in [0.25, 0.3) is 0 Å². The van der Waals surface area contributed by atoms with Crippen molar-refractivity contribution in [2.24, 2.45) is 0 Å². The number of esters is 1. The Bertz CT molecular complexity index is 456. The predicted octanol–water partition coefficient (Wildman–Crippen LogP) is 1.33. The van der Waals surface area contributed by atoms with Gasteiger partial charge in [0.2, 0.25) is 0 Å². The van der Waals surface area contributed by atoms with Gasteiger partial charge in [0.05, 0.1) is 19.6 Å². The summed E-state index contributed by atoms with van der Waals surface area (Å²) in [6.45, 7) is 1.60. The first kappa shape index (κ1) is 14.9. The molecular formula is C14H17NO4. The molecule has 0 spiro atoms. The second-order valence-corrected chi connectivity index (χ2v) is 4.10. The fourth-order valence-electron chi connectivity index (χ4n) is 1.49. The Labute approximate surface area is 111 Å². The minimum absolute atomic E-state index is 0.0287. The maximum absolute atomic E-state index is 11.8. The number of carbonyl (C=O) groups is 3. The molecule has 0 aliphatic heterocycles. The van der Waals surface area contributed by atoms with Crippen LogP contribution in [0.5, 0.6) is 0 Å². The summed E-state index contributed by atoms with van der Waals surface area (Å²) in [7, 11) is 1.27. The molecule has 0 aromatic heterocycles. The molecule has 1 atom stereocenters. The lowest BCUT2D eigenvalue weighted by atomic mass is 10.1. The number of hydrogen-bond donors (Lipinski definition) is 1. The molecule has 0 saturated carbocycles. The van der Waals surface area contributed by atoms with E-state index in [9.17, 15) is 14.4 Å². The summed E-state index contributed by atoms with van der Waals surface area (Å²) in [5, 5.41) is 2.60. The molecule has 0 bridgehead atoms. The molecule has 19 heavy (non-hydrogen) atoms. The molecule has 0 aliphatic rings. The Hall–Kier alpha value is -2.17. The van der Waals surface area contributed by atoms with Gasteiger partial charge >= 0.3 is 5.97 Å². The monoisotopic (exact) mass is 263 g/mol. The minimum Gasteiger partial charge on any atom is -0.469 e. The number of ether oxygens (including phenoxy) is 1. The maximum Gasteiger partial charge on any atom is 0.305 e. The van der Waals surface area contributed by atoms with Crippen LogP contribution in [-0.2, 0) is 14.3 Å². The lowest BCUT2D eigenvalue weighted by molar-refractivity contribution is -0.142. The maximum atomic E-state index is 11.8. The zero-order chi connectivity index (χ0) is 14.3. The summed E-state index contributed by atoms with van der Waals surface area (Å²) in [6.07, 6.45) is 0.0871. The highest BCUT2D eigenvalue weighted by molar-refractivity contribution is 5.98. The minimum atomic E-state index is -0.627. The van der Waals surface area contributed by atoms with Gasteiger partial charge in [-0.2, -0.15) is 0 Å². The van der Waals surface area contributed by atoms with E-state index in [4.69, 9.17) is 0 Å².